The van der Waals surface area contributed by atoms with E-state index >= 15 is 0 Å². The van der Waals surface area contributed by atoms with Gasteiger partial charge in [-0.2, -0.15) is 0 Å². The number of nitrogens with zero attached hydrogens (tertiary/aromatic N) is 1. The molecule has 0 aliphatic rings. The number of aliphatic hydroxyl groups excluding tert-OH is 1. The van der Waals surface area contributed by atoms with E-state index in [2.05, 4.69) is 10.6 Å². The predicted octanol–water partition coefficient (Wildman–Crippen LogP) is 4.74. The normalized spacial score (nSPS) is 13.7. The van der Waals surface area contributed by atoms with Gasteiger partial charge in [0, 0.05) is 12.2 Å². The molecule has 0 spiro atoms. The zero-order chi connectivity index (χ0) is 27.8. The monoisotopic (exact) mass is 511 g/mol. The maximum Gasteiger partial charge on any atom is 0.408 e. The van der Waals surface area contributed by atoms with Crippen molar-refractivity contribution < 1.29 is 24.2 Å². The largest absolute Gasteiger partial charge is 0.444 e. The number of aliphatic hydroxyl groups is 1. The summed E-state index contributed by atoms with van der Waals surface area (Å²) in [4.78, 5) is 41.9. The third-order valence-electron chi connectivity index (χ3n) is 6.22. The molecule has 2 aromatic carbocycles. The summed E-state index contributed by atoms with van der Waals surface area (Å²) in [6.07, 6.45) is -0.115. The Morgan fingerprint density at radius 3 is 2.14 bits per heavy atom. The number of anilines is 1. The van der Waals surface area contributed by atoms with Gasteiger partial charge in [0.25, 0.3) is 5.91 Å². The quantitative estimate of drug-likeness (QED) is 0.427. The molecule has 0 radical (unpaired) electrons. The van der Waals surface area contributed by atoms with Crippen LogP contribution >= 0.6 is 0 Å². The molecule has 202 valence electrons. The minimum atomic E-state index is -1.03. The standard InChI is InChI=1S/C29H41N3O5/c1-8-19(2)24(31-28(36)37-29(5,6)7)27(35)32(17-18-33)25(22-15-11-9-13-20(22)3)26(34)30-23-16-12-10-14-21(23)4/h9-16,19,24-25,33H,8,17-18H2,1-7H3,(H,30,34)(H,31,36). The van der Waals surface area contributed by atoms with Crippen LogP contribution in [-0.4, -0.2) is 52.7 Å². The molecule has 2 rings (SSSR count). The number of rotatable bonds is 10. The van der Waals surface area contributed by atoms with E-state index in [1.165, 1.54) is 4.90 Å². The number of ether oxygens (including phenoxy) is 1. The van der Waals surface area contributed by atoms with E-state index in [0.29, 0.717) is 17.7 Å². The van der Waals surface area contributed by atoms with Crippen molar-refractivity contribution in [2.45, 2.75) is 72.6 Å². The fourth-order valence-corrected chi connectivity index (χ4v) is 4.03. The van der Waals surface area contributed by atoms with Crippen molar-refractivity contribution in [1.29, 1.82) is 0 Å². The van der Waals surface area contributed by atoms with Crippen LogP contribution in [0.1, 0.15) is 63.8 Å². The summed E-state index contributed by atoms with van der Waals surface area (Å²) in [5, 5.41) is 15.6. The van der Waals surface area contributed by atoms with Gasteiger partial charge in [0.2, 0.25) is 5.91 Å². The van der Waals surface area contributed by atoms with Gasteiger partial charge in [0.05, 0.1) is 6.61 Å². The summed E-state index contributed by atoms with van der Waals surface area (Å²) in [7, 11) is 0. The van der Waals surface area contributed by atoms with E-state index in [1.807, 2.05) is 64.1 Å². The van der Waals surface area contributed by atoms with E-state index in [-0.39, 0.29) is 19.1 Å². The van der Waals surface area contributed by atoms with E-state index < -0.39 is 35.6 Å². The van der Waals surface area contributed by atoms with Gasteiger partial charge in [-0.05, 0) is 63.3 Å². The van der Waals surface area contributed by atoms with Crippen LogP contribution in [0.25, 0.3) is 0 Å². The summed E-state index contributed by atoms with van der Waals surface area (Å²) in [5.41, 5.74) is 2.23. The Kier molecular flexibility index (Phi) is 10.7. The highest BCUT2D eigenvalue weighted by Crippen LogP contribution is 2.28. The van der Waals surface area contributed by atoms with E-state index in [1.54, 1.807) is 32.9 Å². The second kappa shape index (κ2) is 13.2. The Hall–Kier alpha value is -3.39. The zero-order valence-corrected chi connectivity index (χ0v) is 23.0. The van der Waals surface area contributed by atoms with Gasteiger partial charge in [-0.25, -0.2) is 4.79 Å². The minimum Gasteiger partial charge on any atom is -0.444 e. The number of carbonyl (C=O) groups is 3. The molecule has 3 unspecified atom stereocenters. The Morgan fingerprint density at radius 1 is 1.00 bits per heavy atom. The third-order valence-corrected chi connectivity index (χ3v) is 6.22. The van der Waals surface area contributed by atoms with Crippen LogP contribution in [0.5, 0.6) is 0 Å². The maximum atomic E-state index is 14.0. The van der Waals surface area contributed by atoms with Crippen molar-refractivity contribution in [2.75, 3.05) is 18.5 Å². The molecular weight excluding hydrogens is 470 g/mol. The van der Waals surface area contributed by atoms with Crippen molar-refractivity contribution >= 4 is 23.6 Å². The lowest BCUT2D eigenvalue weighted by atomic mass is 9.94. The molecule has 0 aliphatic carbocycles. The Bertz CT molecular complexity index is 1080. The first-order valence-corrected chi connectivity index (χ1v) is 12.7. The van der Waals surface area contributed by atoms with Crippen LogP contribution < -0.4 is 10.6 Å². The first-order valence-electron chi connectivity index (χ1n) is 12.7. The van der Waals surface area contributed by atoms with Crippen LogP contribution in [0.4, 0.5) is 10.5 Å². The first-order chi connectivity index (χ1) is 17.4. The lowest BCUT2D eigenvalue weighted by molar-refractivity contribution is -0.142. The number of amides is 3. The molecule has 0 saturated heterocycles. The van der Waals surface area contributed by atoms with E-state index in [9.17, 15) is 19.5 Å². The molecule has 0 fully saturated rings. The molecule has 3 atom stereocenters. The van der Waals surface area contributed by atoms with Crippen LogP contribution in [0.2, 0.25) is 0 Å². The predicted molar refractivity (Wildman–Crippen MR) is 145 cm³/mol. The van der Waals surface area contributed by atoms with Crippen molar-refractivity contribution in [2.24, 2.45) is 5.92 Å². The zero-order valence-electron chi connectivity index (χ0n) is 23.0. The molecule has 8 nitrogen and oxygen atoms in total. The van der Waals surface area contributed by atoms with Crippen LogP contribution in [-0.2, 0) is 14.3 Å². The number of alkyl carbamates (subject to hydrolysis) is 1. The highest BCUT2D eigenvalue weighted by molar-refractivity contribution is 5.99. The molecule has 3 N–H and O–H groups in total. The second-order valence-corrected chi connectivity index (χ2v) is 10.3. The van der Waals surface area contributed by atoms with Crippen molar-refractivity contribution in [3.8, 4) is 0 Å². The van der Waals surface area contributed by atoms with Crippen LogP contribution in [0.3, 0.4) is 0 Å². The molecule has 3 amide bonds. The van der Waals surface area contributed by atoms with Crippen molar-refractivity contribution in [1.82, 2.24) is 10.2 Å². The lowest BCUT2D eigenvalue weighted by Crippen LogP contribution is -2.55. The minimum absolute atomic E-state index is 0.0953. The average Bonchev–Trinajstić information content (AvgIpc) is 2.82. The molecule has 0 bridgehead atoms. The number of nitrogens with one attached hydrogen (secondary N) is 2. The molecule has 0 aromatic heterocycles. The van der Waals surface area contributed by atoms with Crippen molar-refractivity contribution in [3.63, 3.8) is 0 Å². The van der Waals surface area contributed by atoms with Gasteiger partial charge < -0.3 is 25.4 Å². The topological polar surface area (TPSA) is 108 Å². The number of benzene rings is 2. The fraction of sp³-hybridized carbons (Fsp3) is 0.483. The Balaban J connectivity index is 2.54. The third kappa shape index (κ3) is 8.32. The molecule has 0 heterocycles. The molecule has 2 aromatic rings. The second-order valence-electron chi connectivity index (χ2n) is 10.3. The average molecular weight is 512 g/mol. The summed E-state index contributed by atoms with van der Waals surface area (Å²) < 4.78 is 5.41. The van der Waals surface area contributed by atoms with E-state index in [4.69, 9.17) is 4.74 Å². The van der Waals surface area contributed by atoms with Gasteiger partial charge in [-0.15, -0.1) is 0 Å². The molecule has 0 aliphatic heterocycles. The number of para-hydroxylation sites is 1. The first kappa shape index (κ1) is 29.8. The maximum absolute atomic E-state index is 14.0. The van der Waals surface area contributed by atoms with Crippen LogP contribution in [0.15, 0.2) is 48.5 Å². The van der Waals surface area contributed by atoms with Gasteiger partial charge in [0.1, 0.15) is 17.7 Å². The summed E-state index contributed by atoms with van der Waals surface area (Å²) in [6, 6.07) is 12.7. The molecule has 8 heteroatoms. The molecule has 37 heavy (non-hydrogen) atoms. The SMILES string of the molecule is CCC(C)C(NC(=O)OC(C)(C)C)C(=O)N(CCO)C(C(=O)Nc1ccccc1C)c1ccccc1C. The van der Waals surface area contributed by atoms with Gasteiger partial charge in [-0.1, -0.05) is 62.7 Å². The van der Waals surface area contributed by atoms with Gasteiger partial charge in [0.15, 0.2) is 0 Å². The Labute approximate surface area is 220 Å². The summed E-state index contributed by atoms with van der Waals surface area (Å²) >= 11 is 0. The highest BCUT2D eigenvalue weighted by Gasteiger charge is 2.38. The lowest BCUT2D eigenvalue weighted by Gasteiger charge is -2.36. The molecular formula is C29H41N3O5. The number of hydrogen-bond donors (Lipinski definition) is 3. The van der Waals surface area contributed by atoms with Crippen molar-refractivity contribution in [3.05, 3.63) is 65.2 Å². The number of carbonyl (C=O) groups excluding carboxylic acids is 3. The van der Waals surface area contributed by atoms with Gasteiger partial charge >= 0.3 is 6.09 Å². The Morgan fingerprint density at radius 2 is 1.59 bits per heavy atom. The molecule has 0 saturated carbocycles. The number of aryl methyl sites for hydroxylation is 2. The van der Waals surface area contributed by atoms with Crippen LogP contribution in [0, 0.1) is 19.8 Å². The highest BCUT2D eigenvalue weighted by atomic mass is 16.6. The summed E-state index contributed by atoms with van der Waals surface area (Å²) in [5.74, 6) is -1.13. The van der Waals surface area contributed by atoms with E-state index in [0.717, 1.165) is 11.1 Å². The number of hydrogen-bond acceptors (Lipinski definition) is 5. The smallest absolute Gasteiger partial charge is 0.408 e. The summed E-state index contributed by atoms with van der Waals surface area (Å²) in [6.45, 7) is 12.3. The fourth-order valence-electron chi connectivity index (χ4n) is 4.03. The van der Waals surface area contributed by atoms with Gasteiger partial charge in [-0.3, -0.25) is 9.59 Å².